The summed E-state index contributed by atoms with van der Waals surface area (Å²) in [6, 6.07) is 13.0. The Morgan fingerprint density at radius 1 is 1.24 bits per heavy atom. The van der Waals surface area contributed by atoms with Crippen molar-refractivity contribution in [3.8, 4) is 0 Å². The Balaban J connectivity index is 1.40. The minimum absolute atomic E-state index is 0.268. The second-order valence-electron chi connectivity index (χ2n) is 7.64. The van der Waals surface area contributed by atoms with E-state index < -0.39 is 5.54 Å². The van der Waals surface area contributed by atoms with E-state index >= 15 is 0 Å². The average Bonchev–Trinajstić information content (AvgIpc) is 3.22. The van der Waals surface area contributed by atoms with Gasteiger partial charge < -0.3 is 5.32 Å². The lowest BCUT2D eigenvalue weighted by atomic mass is 9.86. The summed E-state index contributed by atoms with van der Waals surface area (Å²) in [5.41, 5.74) is 7.38. The van der Waals surface area contributed by atoms with Crippen molar-refractivity contribution in [3.63, 3.8) is 0 Å². The van der Waals surface area contributed by atoms with Crippen LogP contribution in [-0.2, 0) is 0 Å². The number of thiazole rings is 1. The van der Waals surface area contributed by atoms with E-state index in [1.165, 1.54) is 22.4 Å². The molecule has 0 amide bonds. The molecule has 6 nitrogen and oxygen atoms in total. The molecule has 1 unspecified atom stereocenters. The molecule has 152 valence electrons. The first-order valence-electron chi connectivity index (χ1n) is 9.75. The molecule has 1 aliphatic rings. The van der Waals surface area contributed by atoms with Crippen molar-refractivity contribution in [3.05, 3.63) is 64.3 Å². The van der Waals surface area contributed by atoms with E-state index in [2.05, 4.69) is 51.0 Å². The molecule has 4 rings (SSSR count). The van der Waals surface area contributed by atoms with Gasteiger partial charge in [0.1, 0.15) is 5.82 Å². The standard InChI is InChI=1S/C21H24FN5OS/c1-15(16-2-7-20-19(12-16)24-14-29-20)27-10-8-21(9-11-27,25-26-28)13-23-18-5-3-17(22)4-6-18/h2-7,12,14-15,23H,8-11,13H2,1H3,(H,25,28). The number of benzene rings is 2. The Labute approximate surface area is 173 Å². The number of fused-ring (bicyclic) bond motifs is 1. The molecule has 0 saturated carbocycles. The van der Waals surface area contributed by atoms with Gasteiger partial charge in [-0.25, -0.2) is 9.37 Å². The van der Waals surface area contributed by atoms with Crippen molar-refractivity contribution in [2.24, 2.45) is 5.29 Å². The number of rotatable bonds is 7. The van der Waals surface area contributed by atoms with E-state index in [0.717, 1.165) is 37.1 Å². The molecule has 0 spiro atoms. The summed E-state index contributed by atoms with van der Waals surface area (Å²) in [7, 11) is 0. The van der Waals surface area contributed by atoms with Crippen molar-refractivity contribution in [1.29, 1.82) is 0 Å². The number of aromatic nitrogens is 1. The topological polar surface area (TPSA) is 69.6 Å². The molecule has 1 atom stereocenters. The summed E-state index contributed by atoms with van der Waals surface area (Å²) in [4.78, 5) is 17.9. The lowest BCUT2D eigenvalue weighted by Gasteiger charge is -2.43. The van der Waals surface area contributed by atoms with Crippen LogP contribution < -0.4 is 10.7 Å². The molecule has 0 aliphatic carbocycles. The van der Waals surface area contributed by atoms with Gasteiger partial charge in [-0.3, -0.25) is 10.3 Å². The molecule has 1 saturated heterocycles. The van der Waals surface area contributed by atoms with Gasteiger partial charge in [0.25, 0.3) is 0 Å². The van der Waals surface area contributed by atoms with E-state index in [9.17, 15) is 9.30 Å². The zero-order chi connectivity index (χ0) is 20.3. The van der Waals surface area contributed by atoms with Gasteiger partial charge in [0.05, 0.1) is 26.6 Å². The second-order valence-corrected chi connectivity index (χ2v) is 8.52. The van der Waals surface area contributed by atoms with Crippen LogP contribution in [0.15, 0.2) is 53.3 Å². The maximum Gasteiger partial charge on any atom is 0.123 e. The number of nitrogens with zero attached hydrogens (tertiary/aromatic N) is 3. The van der Waals surface area contributed by atoms with E-state index in [1.807, 2.05) is 5.51 Å². The molecule has 8 heteroatoms. The first-order chi connectivity index (χ1) is 14.1. The lowest BCUT2D eigenvalue weighted by molar-refractivity contribution is 0.110. The number of halogens is 1. The van der Waals surface area contributed by atoms with Gasteiger partial charge in [-0.05, 0) is 61.7 Å². The van der Waals surface area contributed by atoms with E-state index in [-0.39, 0.29) is 11.9 Å². The maximum atomic E-state index is 13.1. The van der Waals surface area contributed by atoms with Crippen LogP contribution in [0.5, 0.6) is 0 Å². The fourth-order valence-corrected chi connectivity index (χ4v) is 4.61. The van der Waals surface area contributed by atoms with Crippen molar-refractivity contribution in [1.82, 2.24) is 15.3 Å². The quantitative estimate of drug-likeness (QED) is 0.433. The highest BCUT2D eigenvalue weighted by Gasteiger charge is 2.36. The number of nitrogens with one attached hydrogen (secondary N) is 2. The lowest BCUT2D eigenvalue weighted by Crippen LogP contribution is -2.55. The van der Waals surface area contributed by atoms with Gasteiger partial charge in [-0.1, -0.05) is 6.07 Å². The predicted octanol–water partition coefficient (Wildman–Crippen LogP) is 4.71. The number of anilines is 1. The summed E-state index contributed by atoms with van der Waals surface area (Å²) >= 11 is 1.65. The Kier molecular flexibility index (Phi) is 5.73. The highest BCUT2D eigenvalue weighted by Crippen LogP contribution is 2.31. The zero-order valence-electron chi connectivity index (χ0n) is 16.3. The summed E-state index contributed by atoms with van der Waals surface area (Å²) < 4.78 is 14.3. The molecular weight excluding hydrogens is 389 g/mol. The Morgan fingerprint density at radius 3 is 2.72 bits per heavy atom. The predicted molar refractivity (Wildman–Crippen MR) is 115 cm³/mol. The number of nitroso groups, excluding NO2 is 1. The molecule has 0 radical (unpaired) electrons. The largest absolute Gasteiger partial charge is 0.383 e. The smallest absolute Gasteiger partial charge is 0.123 e. The van der Waals surface area contributed by atoms with Gasteiger partial charge in [0.15, 0.2) is 0 Å². The molecule has 1 fully saturated rings. The van der Waals surface area contributed by atoms with Gasteiger partial charge in [-0.15, -0.1) is 16.2 Å². The van der Waals surface area contributed by atoms with Crippen LogP contribution in [-0.4, -0.2) is 35.1 Å². The van der Waals surface area contributed by atoms with Crippen molar-refractivity contribution in [2.75, 3.05) is 25.0 Å². The number of piperidine rings is 1. The molecule has 0 bridgehead atoms. The zero-order valence-corrected chi connectivity index (χ0v) is 17.1. The van der Waals surface area contributed by atoms with Crippen molar-refractivity contribution in [2.45, 2.75) is 31.3 Å². The number of hydrogen-bond donors (Lipinski definition) is 2. The van der Waals surface area contributed by atoms with E-state index in [0.29, 0.717) is 6.54 Å². The monoisotopic (exact) mass is 413 g/mol. The first kappa shape index (κ1) is 19.7. The molecule has 2 aromatic carbocycles. The van der Waals surface area contributed by atoms with Crippen LogP contribution in [0.25, 0.3) is 10.2 Å². The molecular formula is C21H24FN5OS. The Bertz CT molecular complexity index is 969. The van der Waals surface area contributed by atoms with Crippen LogP contribution in [0, 0.1) is 10.7 Å². The highest BCUT2D eigenvalue weighted by molar-refractivity contribution is 7.16. The van der Waals surface area contributed by atoms with E-state index in [1.54, 1.807) is 23.5 Å². The maximum absolute atomic E-state index is 13.1. The minimum Gasteiger partial charge on any atom is -0.383 e. The third kappa shape index (κ3) is 4.38. The van der Waals surface area contributed by atoms with Crippen molar-refractivity contribution >= 4 is 27.2 Å². The second kappa shape index (κ2) is 8.42. The number of likely N-dealkylation sites (tertiary alicyclic amines) is 1. The van der Waals surface area contributed by atoms with Crippen LogP contribution in [0.1, 0.15) is 31.4 Å². The molecule has 1 aliphatic heterocycles. The van der Waals surface area contributed by atoms with Crippen LogP contribution >= 0.6 is 11.3 Å². The fraction of sp³-hybridized carbons (Fsp3) is 0.381. The summed E-state index contributed by atoms with van der Waals surface area (Å²) in [5.74, 6) is -0.268. The molecule has 29 heavy (non-hydrogen) atoms. The SMILES string of the molecule is CC(c1ccc2scnc2c1)N1CCC(CNc2ccc(F)cc2)(NN=O)CC1. The molecule has 2 heterocycles. The third-order valence-corrected chi connectivity index (χ3v) is 6.71. The van der Waals surface area contributed by atoms with Gasteiger partial charge in [0, 0.05) is 31.4 Å². The van der Waals surface area contributed by atoms with Crippen LogP contribution in [0.2, 0.25) is 0 Å². The minimum atomic E-state index is -0.411. The van der Waals surface area contributed by atoms with Gasteiger partial charge >= 0.3 is 0 Å². The molecule has 3 aromatic rings. The van der Waals surface area contributed by atoms with E-state index in [4.69, 9.17) is 0 Å². The first-order valence-corrected chi connectivity index (χ1v) is 10.6. The normalized spacial score (nSPS) is 17.7. The molecule has 2 N–H and O–H groups in total. The molecule has 1 aromatic heterocycles. The van der Waals surface area contributed by atoms with Gasteiger partial charge in [0.2, 0.25) is 0 Å². The highest BCUT2D eigenvalue weighted by atomic mass is 32.1. The Hall–Kier alpha value is -2.58. The third-order valence-electron chi connectivity index (χ3n) is 5.90. The Morgan fingerprint density at radius 2 is 2.00 bits per heavy atom. The summed E-state index contributed by atoms with van der Waals surface area (Å²) in [5, 5.41) is 6.30. The number of hydrogen-bond acceptors (Lipinski definition) is 6. The summed E-state index contributed by atoms with van der Waals surface area (Å²) in [6.07, 6.45) is 1.58. The fourth-order valence-electron chi connectivity index (χ4n) is 3.95. The van der Waals surface area contributed by atoms with Gasteiger partial charge in [-0.2, -0.15) is 0 Å². The average molecular weight is 414 g/mol. The van der Waals surface area contributed by atoms with Crippen LogP contribution in [0.3, 0.4) is 0 Å². The summed E-state index contributed by atoms with van der Waals surface area (Å²) in [6.45, 7) is 4.47. The van der Waals surface area contributed by atoms with Crippen LogP contribution in [0.4, 0.5) is 10.1 Å². The van der Waals surface area contributed by atoms with Crippen molar-refractivity contribution < 1.29 is 4.39 Å².